The van der Waals surface area contributed by atoms with Gasteiger partial charge < -0.3 is 4.74 Å². The number of aromatic nitrogens is 2. The molecule has 1 heterocycles. The number of ether oxygens (including phenoxy) is 1. The molecule has 6 heteroatoms. The lowest BCUT2D eigenvalue weighted by Gasteiger charge is -2.06. The minimum absolute atomic E-state index is 0.758. The van der Waals surface area contributed by atoms with Crippen LogP contribution in [-0.4, -0.2) is 16.9 Å². The molecule has 0 aliphatic heterocycles. The van der Waals surface area contributed by atoms with Gasteiger partial charge in [-0.2, -0.15) is 0 Å². The summed E-state index contributed by atoms with van der Waals surface area (Å²) in [6, 6.07) is 18.0. The first kappa shape index (κ1) is 15.3. The second-order valence-electron chi connectivity index (χ2n) is 4.48. The summed E-state index contributed by atoms with van der Waals surface area (Å²) >= 11 is 8.62. The molecule has 0 spiro atoms. The smallest absolute Gasteiger partial charge is 0.184 e. The Hall–Kier alpha value is -1.63. The molecule has 0 aliphatic carbocycles. The first-order valence-electron chi connectivity index (χ1n) is 6.68. The molecule has 22 heavy (non-hydrogen) atoms. The van der Waals surface area contributed by atoms with E-state index in [1.807, 2.05) is 53.2 Å². The van der Waals surface area contributed by atoms with Crippen molar-refractivity contribution in [2.45, 2.75) is 10.1 Å². The topological polar surface area (TPSA) is 27.1 Å². The van der Waals surface area contributed by atoms with Gasteiger partial charge >= 0.3 is 0 Å². The summed E-state index contributed by atoms with van der Waals surface area (Å²) in [5.41, 5.74) is 2.15. The fraction of sp³-hybridized carbons (Fsp3) is 0.125. The molecule has 1 aromatic heterocycles. The molecule has 3 aromatic rings. The molecule has 0 saturated carbocycles. The number of benzene rings is 2. The molecule has 2 aromatic carbocycles. The van der Waals surface area contributed by atoms with Crippen LogP contribution in [0.1, 0.15) is 5.56 Å². The maximum atomic E-state index is 5.42. The molecule has 0 amide bonds. The van der Waals surface area contributed by atoms with Crippen LogP contribution in [0, 0.1) is 3.95 Å². The van der Waals surface area contributed by atoms with Gasteiger partial charge in [0.15, 0.2) is 8.29 Å². The van der Waals surface area contributed by atoms with Crippen molar-refractivity contribution in [3.05, 3.63) is 64.1 Å². The highest BCUT2D eigenvalue weighted by Crippen LogP contribution is 2.30. The summed E-state index contributed by atoms with van der Waals surface area (Å²) in [6.07, 6.45) is 0. The second kappa shape index (κ2) is 7.09. The number of hydrogen-bond acceptors (Lipinski definition) is 5. The molecule has 0 radical (unpaired) electrons. The van der Waals surface area contributed by atoms with Crippen LogP contribution in [0.25, 0.3) is 5.69 Å². The van der Waals surface area contributed by atoms with Gasteiger partial charge in [-0.25, -0.2) is 4.68 Å². The van der Waals surface area contributed by atoms with Crippen molar-refractivity contribution in [2.24, 2.45) is 0 Å². The highest BCUT2D eigenvalue weighted by Gasteiger charge is 2.08. The number of hydrogen-bond donors (Lipinski definition) is 0. The van der Waals surface area contributed by atoms with E-state index in [-0.39, 0.29) is 0 Å². The molecule has 3 nitrogen and oxygen atoms in total. The van der Waals surface area contributed by atoms with Gasteiger partial charge in [-0.15, -0.1) is 5.10 Å². The van der Waals surface area contributed by atoms with Crippen LogP contribution < -0.4 is 4.74 Å². The van der Waals surface area contributed by atoms with Crippen LogP contribution in [0.2, 0.25) is 0 Å². The van der Waals surface area contributed by atoms with Gasteiger partial charge in [0.2, 0.25) is 0 Å². The summed E-state index contributed by atoms with van der Waals surface area (Å²) in [6.45, 7) is 0. The Labute approximate surface area is 142 Å². The highest BCUT2D eigenvalue weighted by molar-refractivity contribution is 8.00. The lowest BCUT2D eigenvalue weighted by molar-refractivity contribution is 0.411. The van der Waals surface area contributed by atoms with Crippen molar-refractivity contribution in [1.29, 1.82) is 0 Å². The Kier molecular flexibility index (Phi) is 4.92. The average molecular weight is 347 g/mol. The normalized spacial score (nSPS) is 10.6. The molecule has 0 fully saturated rings. The van der Waals surface area contributed by atoms with Gasteiger partial charge in [0.05, 0.1) is 12.8 Å². The van der Waals surface area contributed by atoms with Crippen molar-refractivity contribution in [1.82, 2.24) is 9.78 Å². The minimum atomic E-state index is 0.758. The third-order valence-corrected chi connectivity index (χ3v) is 5.49. The molecule has 112 valence electrons. The zero-order chi connectivity index (χ0) is 15.4. The number of para-hydroxylation sites is 2. The quantitative estimate of drug-likeness (QED) is 0.482. The van der Waals surface area contributed by atoms with E-state index in [4.69, 9.17) is 17.0 Å². The molecule has 0 unspecified atom stereocenters. The molecule has 3 rings (SSSR count). The van der Waals surface area contributed by atoms with Crippen molar-refractivity contribution in [3.63, 3.8) is 0 Å². The third kappa shape index (κ3) is 3.40. The van der Waals surface area contributed by atoms with Gasteiger partial charge in [0.25, 0.3) is 0 Å². The minimum Gasteiger partial charge on any atom is -0.496 e. The van der Waals surface area contributed by atoms with Crippen LogP contribution in [0.3, 0.4) is 0 Å². The third-order valence-electron chi connectivity index (χ3n) is 3.07. The Morgan fingerprint density at radius 3 is 2.64 bits per heavy atom. The van der Waals surface area contributed by atoms with Gasteiger partial charge in [-0.1, -0.05) is 59.5 Å². The Bertz CT molecular complexity index is 812. The number of thioether (sulfide) groups is 1. The molecule has 0 atom stereocenters. The maximum absolute atomic E-state index is 5.42. The van der Waals surface area contributed by atoms with Gasteiger partial charge in [-0.3, -0.25) is 0 Å². The summed E-state index contributed by atoms with van der Waals surface area (Å²) in [4.78, 5) is 0. The van der Waals surface area contributed by atoms with Gasteiger partial charge in [-0.05, 0) is 30.4 Å². The van der Waals surface area contributed by atoms with Crippen LogP contribution in [0.4, 0.5) is 0 Å². The van der Waals surface area contributed by atoms with Crippen molar-refractivity contribution < 1.29 is 4.74 Å². The van der Waals surface area contributed by atoms with E-state index >= 15 is 0 Å². The van der Waals surface area contributed by atoms with Crippen molar-refractivity contribution in [3.8, 4) is 11.4 Å². The standard InChI is InChI=1S/C16H14N2OS3/c1-19-14-10-6-5-7-12(14)11-21-15-17-18(16(20)22-15)13-8-3-2-4-9-13/h2-10H,11H2,1H3. The van der Waals surface area contributed by atoms with Gasteiger partial charge in [0.1, 0.15) is 5.75 Å². The van der Waals surface area contributed by atoms with Crippen LogP contribution >= 0.6 is 35.3 Å². The fourth-order valence-corrected chi connectivity index (χ4v) is 4.37. The fourth-order valence-electron chi connectivity index (χ4n) is 2.01. The Morgan fingerprint density at radius 1 is 1.14 bits per heavy atom. The Balaban J connectivity index is 1.79. The zero-order valence-electron chi connectivity index (χ0n) is 11.9. The van der Waals surface area contributed by atoms with Crippen LogP contribution in [0.5, 0.6) is 5.75 Å². The molecule has 0 aliphatic rings. The summed E-state index contributed by atoms with van der Waals surface area (Å²) in [5.74, 6) is 1.71. The summed E-state index contributed by atoms with van der Waals surface area (Å²) in [7, 11) is 1.69. The maximum Gasteiger partial charge on any atom is 0.184 e. The molecular weight excluding hydrogens is 332 g/mol. The predicted octanol–water partition coefficient (Wildman–Crippen LogP) is 4.96. The van der Waals surface area contributed by atoms with E-state index in [0.717, 1.165) is 31.0 Å². The lowest BCUT2D eigenvalue weighted by atomic mass is 10.2. The van der Waals surface area contributed by atoms with E-state index in [1.54, 1.807) is 18.9 Å². The van der Waals surface area contributed by atoms with E-state index in [0.29, 0.717) is 0 Å². The van der Waals surface area contributed by atoms with Crippen LogP contribution in [-0.2, 0) is 5.75 Å². The highest BCUT2D eigenvalue weighted by atomic mass is 32.2. The largest absolute Gasteiger partial charge is 0.496 e. The number of methoxy groups -OCH3 is 1. The average Bonchev–Trinajstić information content (AvgIpc) is 2.95. The first-order chi connectivity index (χ1) is 10.8. The van der Waals surface area contributed by atoms with E-state index in [2.05, 4.69) is 11.2 Å². The SMILES string of the molecule is COc1ccccc1CSc1nn(-c2ccccc2)c(=S)s1. The lowest BCUT2D eigenvalue weighted by Crippen LogP contribution is -1.95. The number of rotatable bonds is 5. The van der Waals surface area contributed by atoms with Crippen molar-refractivity contribution in [2.75, 3.05) is 7.11 Å². The summed E-state index contributed by atoms with van der Waals surface area (Å²) < 4.78 is 8.90. The second-order valence-corrected chi connectivity index (χ2v) is 7.33. The summed E-state index contributed by atoms with van der Waals surface area (Å²) in [5, 5.41) is 4.60. The van der Waals surface area contributed by atoms with Gasteiger partial charge in [0, 0.05) is 11.3 Å². The molecule has 0 bridgehead atoms. The zero-order valence-corrected chi connectivity index (χ0v) is 14.4. The molecule has 0 saturated heterocycles. The Morgan fingerprint density at radius 2 is 1.86 bits per heavy atom. The molecular formula is C16H14N2OS3. The van der Waals surface area contributed by atoms with E-state index in [9.17, 15) is 0 Å². The molecule has 0 N–H and O–H groups in total. The van der Waals surface area contributed by atoms with Crippen molar-refractivity contribution >= 4 is 35.3 Å². The predicted molar refractivity (Wildman–Crippen MR) is 94.8 cm³/mol. The van der Waals surface area contributed by atoms with Crippen LogP contribution in [0.15, 0.2) is 58.9 Å². The number of nitrogens with zero attached hydrogens (tertiary/aromatic N) is 2. The monoisotopic (exact) mass is 346 g/mol. The van der Waals surface area contributed by atoms with E-state index < -0.39 is 0 Å². The van der Waals surface area contributed by atoms with E-state index in [1.165, 1.54) is 11.3 Å². The first-order valence-corrected chi connectivity index (χ1v) is 8.89.